The molecule has 4 N–H and O–H groups in total. The Kier molecular flexibility index (Phi) is 13.1. The van der Waals surface area contributed by atoms with E-state index in [9.17, 15) is 17.2 Å². The highest BCUT2D eigenvalue weighted by molar-refractivity contribution is 7.85. The van der Waals surface area contributed by atoms with Crippen molar-refractivity contribution in [3.8, 4) is 0 Å². The van der Waals surface area contributed by atoms with E-state index in [4.69, 9.17) is 4.55 Å². The monoisotopic (exact) mass is 289 g/mol. The van der Waals surface area contributed by atoms with Crippen molar-refractivity contribution < 1.29 is 21.8 Å². The van der Waals surface area contributed by atoms with Crippen LogP contribution in [0.15, 0.2) is 0 Å². The van der Waals surface area contributed by atoms with Gasteiger partial charge in [0, 0.05) is 0 Å². The van der Waals surface area contributed by atoms with Crippen LogP contribution in [0.3, 0.4) is 0 Å². The van der Waals surface area contributed by atoms with Gasteiger partial charge < -0.3 is 6.15 Å². The summed E-state index contributed by atoms with van der Waals surface area (Å²) < 4.78 is 53.9. The molecule has 0 aromatic carbocycles. The molecule has 0 aliphatic carbocycles. The molecule has 18 heavy (non-hydrogen) atoms. The molecule has 1 atom stereocenters. The van der Waals surface area contributed by atoms with Gasteiger partial charge in [-0.3, -0.25) is 8.94 Å². The van der Waals surface area contributed by atoms with Gasteiger partial charge in [-0.25, -0.2) is 4.39 Å². The highest BCUT2D eigenvalue weighted by Crippen LogP contribution is 2.12. The van der Waals surface area contributed by atoms with Gasteiger partial charge >= 0.3 is 0 Å². The number of unbranched alkanes of at least 4 members (excludes halogenated alkanes) is 6. The van der Waals surface area contributed by atoms with Gasteiger partial charge in [0.1, 0.15) is 11.9 Å². The number of hydrogen-bond acceptors (Lipinski definition) is 3. The first kappa shape index (κ1) is 20.1. The van der Waals surface area contributed by atoms with Gasteiger partial charge in [0.05, 0.1) is 6.67 Å². The number of rotatable bonds is 11. The Morgan fingerprint density at radius 2 is 1.39 bits per heavy atom. The summed E-state index contributed by atoms with van der Waals surface area (Å²) >= 11 is 0. The zero-order valence-corrected chi connectivity index (χ0v) is 11.6. The normalized spacial score (nSPS) is 13.1. The predicted octanol–water partition coefficient (Wildman–Crippen LogP) is 3.46. The average Bonchev–Trinajstić information content (AvgIpc) is 2.19. The molecule has 0 aliphatic heterocycles. The lowest BCUT2D eigenvalue weighted by Gasteiger charge is -2.05. The molecule has 0 saturated carbocycles. The standard InChI is InChI=1S/C11H22F2O3S.H3N/c12-9-7-5-3-1-2-4-6-8-11(13)10-17(14,15)16;/h11H,1-10H2,(H,14,15,16);1H3. The second-order valence-corrected chi connectivity index (χ2v) is 5.80. The fourth-order valence-electron chi connectivity index (χ4n) is 1.66. The molecular weight excluding hydrogens is 264 g/mol. The summed E-state index contributed by atoms with van der Waals surface area (Å²) in [4.78, 5) is 0. The maximum Gasteiger partial charge on any atom is 0.267 e. The van der Waals surface area contributed by atoms with E-state index in [1.54, 1.807) is 0 Å². The van der Waals surface area contributed by atoms with E-state index in [1.165, 1.54) is 0 Å². The molecule has 7 heteroatoms. The quantitative estimate of drug-likeness (QED) is 0.450. The lowest BCUT2D eigenvalue weighted by molar-refractivity contribution is 0.324. The van der Waals surface area contributed by atoms with Crippen molar-refractivity contribution in [1.29, 1.82) is 0 Å². The van der Waals surface area contributed by atoms with Crippen molar-refractivity contribution >= 4 is 10.1 Å². The molecule has 0 rings (SSSR count). The van der Waals surface area contributed by atoms with Gasteiger partial charge in [0.25, 0.3) is 10.1 Å². The summed E-state index contributed by atoms with van der Waals surface area (Å²) in [5, 5.41) is 0. The molecule has 0 fully saturated rings. The molecule has 0 spiro atoms. The van der Waals surface area contributed by atoms with Crippen LogP contribution in [-0.4, -0.2) is 31.6 Å². The molecule has 0 aromatic rings. The fourth-order valence-corrected chi connectivity index (χ4v) is 2.28. The Hall–Kier alpha value is -0.270. The minimum Gasteiger partial charge on any atom is -0.344 e. The molecule has 0 bridgehead atoms. The summed E-state index contributed by atoms with van der Waals surface area (Å²) in [6.07, 6.45) is 4.64. The number of alkyl halides is 2. The van der Waals surface area contributed by atoms with Gasteiger partial charge in [0.15, 0.2) is 0 Å². The summed E-state index contributed by atoms with van der Waals surface area (Å²) in [5.41, 5.74) is 0. The van der Waals surface area contributed by atoms with Crippen LogP contribution in [0.5, 0.6) is 0 Å². The lowest BCUT2D eigenvalue weighted by Crippen LogP contribution is -2.16. The Morgan fingerprint density at radius 1 is 0.944 bits per heavy atom. The van der Waals surface area contributed by atoms with Crippen molar-refractivity contribution in [3.05, 3.63) is 0 Å². The van der Waals surface area contributed by atoms with E-state index >= 15 is 0 Å². The Morgan fingerprint density at radius 3 is 1.83 bits per heavy atom. The first-order chi connectivity index (χ1) is 7.95. The van der Waals surface area contributed by atoms with Crippen LogP contribution in [-0.2, 0) is 10.1 Å². The largest absolute Gasteiger partial charge is 0.344 e. The molecule has 0 heterocycles. The molecule has 112 valence electrons. The first-order valence-corrected chi connectivity index (χ1v) is 7.72. The zero-order valence-electron chi connectivity index (χ0n) is 10.8. The predicted molar refractivity (Wildman–Crippen MR) is 69.2 cm³/mol. The maximum atomic E-state index is 13.0. The Balaban J connectivity index is 0. The maximum absolute atomic E-state index is 13.0. The van der Waals surface area contributed by atoms with Crippen molar-refractivity contribution in [2.45, 2.75) is 57.5 Å². The van der Waals surface area contributed by atoms with Crippen molar-refractivity contribution in [2.24, 2.45) is 0 Å². The molecular formula is C11H25F2NO3S. The first-order valence-electron chi connectivity index (χ1n) is 6.11. The third kappa shape index (κ3) is 15.7. The van der Waals surface area contributed by atoms with Crippen LogP contribution in [0.1, 0.15) is 51.4 Å². The van der Waals surface area contributed by atoms with Gasteiger partial charge in [-0.05, 0) is 12.8 Å². The third-order valence-corrected chi connectivity index (χ3v) is 3.33. The van der Waals surface area contributed by atoms with E-state index in [-0.39, 0.29) is 19.2 Å². The van der Waals surface area contributed by atoms with Crippen LogP contribution >= 0.6 is 0 Å². The van der Waals surface area contributed by atoms with E-state index in [0.717, 1.165) is 32.1 Å². The van der Waals surface area contributed by atoms with Crippen LogP contribution in [0.2, 0.25) is 0 Å². The van der Waals surface area contributed by atoms with Crippen LogP contribution < -0.4 is 6.15 Å². The summed E-state index contributed by atoms with van der Waals surface area (Å²) in [6.45, 7) is -0.265. The minimum absolute atomic E-state index is 0. The molecule has 4 nitrogen and oxygen atoms in total. The second kappa shape index (κ2) is 11.8. The molecule has 0 aliphatic rings. The zero-order chi connectivity index (χ0) is 13.1. The van der Waals surface area contributed by atoms with Gasteiger partial charge in [-0.2, -0.15) is 8.42 Å². The van der Waals surface area contributed by atoms with Crippen LogP contribution in [0.25, 0.3) is 0 Å². The van der Waals surface area contributed by atoms with Gasteiger partial charge in [-0.1, -0.05) is 38.5 Å². The van der Waals surface area contributed by atoms with Crippen molar-refractivity contribution in [2.75, 3.05) is 12.4 Å². The van der Waals surface area contributed by atoms with E-state index in [0.29, 0.717) is 12.8 Å². The highest BCUT2D eigenvalue weighted by Gasteiger charge is 2.15. The molecule has 1 unspecified atom stereocenters. The van der Waals surface area contributed by atoms with Gasteiger partial charge in [0.2, 0.25) is 0 Å². The SMILES string of the molecule is N.O=S(=O)(O)CC(F)CCCCCCCCCF. The minimum atomic E-state index is -4.19. The number of halogens is 2. The van der Waals surface area contributed by atoms with Crippen LogP contribution in [0, 0.1) is 0 Å². The molecule has 0 radical (unpaired) electrons. The van der Waals surface area contributed by atoms with Gasteiger partial charge in [-0.15, -0.1) is 0 Å². The second-order valence-electron chi connectivity index (χ2n) is 4.30. The van der Waals surface area contributed by atoms with E-state index < -0.39 is 22.0 Å². The molecule has 0 saturated heterocycles. The van der Waals surface area contributed by atoms with Crippen molar-refractivity contribution in [1.82, 2.24) is 6.15 Å². The summed E-state index contributed by atoms with van der Waals surface area (Å²) in [6, 6.07) is 0. The third-order valence-electron chi connectivity index (χ3n) is 2.54. The molecule has 0 aromatic heterocycles. The summed E-state index contributed by atoms with van der Waals surface area (Å²) in [5.74, 6) is -0.802. The molecule has 0 amide bonds. The lowest BCUT2D eigenvalue weighted by atomic mass is 10.1. The highest BCUT2D eigenvalue weighted by atomic mass is 32.2. The van der Waals surface area contributed by atoms with Crippen LogP contribution in [0.4, 0.5) is 8.78 Å². The Labute approximate surface area is 108 Å². The Bertz CT molecular complexity index is 273. The average molecular weight is 289 g/mol. The van der Waals surface area contributed by atoms with Crippen molar-refractivity contribution in [3.63, 3.8) is 0 Å². The summed E-state index contributed by atoms with van der Waals surface area (Å²) in [7, 11) is -4.19. The fraction of sp³-hybridized carbons (Fsp3) is 1.00. The topological polar surface area (TPSA) is 89.4 Å². The van der Waals surface area contributed by atoms with E-state index in [2.05, 4.69) is 0 Å². The smallest absolute Gasteiger partial charge is 0.267 e. The van der Waals surface area contributed by atoms with E-state index in [1.807, 2.05) is 0 Å². The number of hydrogen-bond donors (Lipinski definition) is 2.